The maximum Gasteiger partial charge on any atom is 0.339 e. The van der Waals surface area contributed by atoms with Gasteiger partial charge in [-0.3, -0.25) is 0 Å². The number of aromatic carboxylic acids is 1. The van der Waals surface area contributed by atoms with Crippen LogP contribution in [0, 0.1) is 0 Å². The Morgan fingerprint density at radius 2 is 2.07 bits per heavy atom. The van der Waals surface area contributed by atoms with Gasteiger partial charge in [-0.1, -0.05) is 11.6 Å². The van der Waals surface area contributed by atoms with Crippen LogP contribution in [0.25, 0.3) is 0 Å². The number of rotatable bonds is 2. The summed E-state index contributed by atoms with van der Waals surface area (Å²) in [5.74, 6) is -0.464. The van der Waals surface area contributed by atoms with E-state index in [-0.39, 0.29) is 5.56 Å². The van der Waals surface area contributed by atoms with Crippen LogP contribution in [-0.4, -0.2) is 29.1 Å². The smallest absolute Gasteiger partial charge is 0.339 e. The SMILES string of the molecule is O=C(O)c1ccc(Cl)nc1N1CCCC1. The van der Waals surface area contributed by atoms with Crippen molar-refractivity contribution in [3.05, 3.63) is 22.8 Å². The Bertz CT molecular complexity index is 389. The highest BCUT2D eigenvalue weighted by molar-refractivity contribution is 6.29. The van der Waals surface area contributed by atoms with E-state index >= 15 is 0 Å². The van der Waals surface area contributed by atoms with E-state index in [2.05, 4.69) is 4.98 Å². The van der Waals surface area contributed by atoms with Gasteiger partial charge in [0.2, 0.25) is 0 Å². The molecule has 0 bridgehead atoms. The molecule has 2 rings (SSSR count). The molecule has 0 atom stereocenters. The van der Waals surface area contributed by atoms with Crippen molar-refractivity contribution in [1.82, 2.24) is 4.98 Å². The Morgan fingerprint density at radius 3 is 2.67 bits per heavy atom. The average molecular weight is 227 g/mol. The summed E-state index contributed by atoms with van der Waals surface area (Å²) >= 11 is 5.77. The van der Waals surface area contributed by atoms with E-state index < -0.39 is 5.97 Å². The zero-order chi connectivity index (χ0) is 10.8. The highest BCUT2D eigenvalue weighted by Gasteiger charge is 2.20. The Kier molecular flexibility index (Phi) is 2.77. The first-order chi connectivity index (χ1) is 7.18. The van der Waals surface area contributed by atoms with Gasteiger partial charge in [-0.05, 0) is 25.0 Å². The quantitative estimate of drug-likeness (QED) is 0.784. The number of halogens is 1. The van der Waals surface area contributed by atoms with Gasteiger partial charge in [-0.2, -0.15) is 0 Å². The van der Waals surface area contributed by atoms with Gasteiger partial charge in [0.25, 0.3) is 0 Å². The molecule has 1 fully saturated rings. The average Bonchev–Trinajstić information content (AvgIpc) is 2.69. The zero-order valence-electron chi connectivity index (χ0n) is 8.11. The molecule has 15 heavy (non-hydrogen) atoms. The summed E-state index contributed by atoms with van der Waals surface area (Å²) in [6.45, 7) is 1.71. The van der Waals surface area contributed by atoms with E-state index in [0.717, 1.165) is 25.9 Å². The van der Waals surface area contributed by atoms with Crippen molar-refractivity contribution in [2.45, 2.75) is 12.8 Å². The summed E-state index contributed by atoms with van der Waals surface area (Å²) in [6.07, 6.45) is 2.15. The molecular formula is C10H11ClN2O2. The van der Waals surface area contributed by atoms with E-state index in [1.165, 1.54) is 12.1 Å². The summed E-state index contributed by atoms with van der Waals surface area (Å²) in [6, 6.07) is 3.01. The Morgan fingerprint density at radius 1 is 1.40 bits per heavy atom. The highest BCUT2D eigenvalue weighted by atomic mass is 35.5. The van der Waals surface area contributed by atoms with Gasteiger partial charge < -0.3 is 10.0 Å². The number of pyridine rings is 1. The third-order valence-corrected chi connectivity index (χ3v) is 2.69. The first kappa shape index (κ1) is 10.2. The summed E-state index contributed by atoms with van der Waals surface area (Å²) < 4.78 is 0. The number of nitrogens with zero attached hydrogens (tertiary/aromatic N) is 2. The molecule has 0 unspecified atom stereocenters. The van der Waals surface area contributed by atoms with Crippen LogP contribution in [0.5, 0.6) is 0 Å². The molecule has 1 aliphatic rings. The van der Waals surface area contributed by atoms with Gasteiger partial charge in [0.1, 0.15) is 16.5 Å². The maximum atomic E-state index is 11.0. The van der Waals surface area contributed by atoms with Gasteiger partial charge >= 0.3 is 5.97 Å². The largest absolute Gasteiger partial charge is 0.478 e. The van der Waals surface area contributed by atoms with E-state index in [9.17, 15) is 4.79 Å². The fourth-order valence-corrected chi connectivity index (χ4v) is 1.91. The van der Waals surface area contributed by atoms with Gasteiger partial charge in [-0.25, -0.2) is 9.78 Å². The Balaban J connectivity index is 2.41. The molecule has 5 heteroatoms. The minimum atomic E-state index is -0.957. The number of carboxylic acids is 1. The second-order valence-corrected chi connectivity index (χ2v) is 3.89. The second-order valence-electron chi connectivity index (χ2n) is 3.50. The molecule has 0 spiro atoms. The number of hydrogen-bond acceptors (Lipinski definition) is 3. The molecule has 1 saturated heterocycles. The molecular weight excluding hydrogens is 216 g/mol. The summed E-state index contributed by atoms with van der Waals surface area (Å²) in [5, 5.41) is 9.34. The molecule has 4 nitrogen and oxygen atoms in total. The number of carboxylic acid groups (broad SMARTS) is 1. The third kappa shape index (κ3) is 2.04. The Labute approximate surface area is 92.5 Å². The van der Waals surface area contributed by atoms with Crippen molar-refractivity contribution < 1.29 is 9.90 Å². The van der Waals surface area contributed by atoms with E-state index in [1.807, 2.05) is 4.90 Å². The van der Waals surface area contributed by atoms with Crippen LogP contribution < -0.4 is 4.90 Å². The lowest BCUT2D eigenvalue weighted by atomic mass is 10.2. The first-order valence-corrected chi connectivity index (χ1v) is 5.21. The predicted octanol–water partition coefficient (Wildman–Crippen LogP) is 2.03. The molecule has 80 valence electrons. The van der Waals surface area contributed by atoms with Crippen LogP contribution in [0.2, 0.25) is 5.15 Å². The minimum absolute atomic E-state index is 0.223. The van der Waals surface area contributed by atoms with Crippen molar-refractivity contribution >= 4 is 23.4 Å². The van der Waals surface area contributed by atoms with Crippen LogP contribution in [0.3, 0.4) is 0 Å². The van der Waals surface area contributed by atoms with Gasteiger partial charge in [0.15, 0.2) is 0 Å². The number of hydrogen-bond donors (Lipinski definition) is 1. The second kappa shape index (κ2) is 4.06. The molecule has 0 saturated carbocycles. The number of aromatic nitrogens is 1. The van der Waals surface area contributed by atoms with Gasteiger partial charge in [-0.15, -0.1) is 0 Å². The van der Waals surface area contributed by atoms with Crippen LogP contribution in [-0.2, 0) is 0 Å². The first-order valence-electron chi connectivity index (χ1n) is 4.83. The molecule has 0 amide bonds. The fraction of sp³-hybridized carbons (Fsp3) is 0.400. The highest BCUT2D eigenvalue weighted by Crippen LogP contribution is 2.24. The molecule has 1 aromatic heterocycles. The molecule has 1 aromatic rings. The van der Waals surface area contributed by atoms with Gasteiger partial charge in [0, 0.05) is 13.1 Å². The van der Waals surface area contributed by atoms with Crippen molar-refractivity contribution in [2.24, 2.45) is 0 Å². The summed E-state index contributed by atoms with van der Waals surface area (Å²) in [4.78, 5) is 17.0. The van der Waals surface area contributed by atoms with Crippen molar-refractivity contribution in [1.29, 1.82) is 0 Å². The van der Waals surface area contributed by atoms with E-state index in [1.54, 1.807) is 0 Å². The van der Waals surface area contributed by atoms with Crippen molar-refractivity contribution in [3.63, 3.8) is 0 Å². The van der Waals surface area contributed by atoms with Crippen LogP contribution in [0.15, 0.2) is 12.1 Å². The lowest BCUT2D eigenvalue weighted by Crippen LogP contribution is -2.22. The van der Waals surface area contributed by atoms with E-state index in [0.29, 0.717) is 11.0 Å². The topological polar surface area (TPSA) is 53.4 Å². The summed E-state index contributed by atoms with van der Waals surface area (Å²) in [7, 11) is 0. The minimum Gasteiger partial charge on any atom is -0.478 e. The lowest BCUT2D eigenvalue weighted by Gasteiger charge is -2.18. The zero-order valence-corrected chi connectivity index (χ0v) is 8.87. The summed E-state index contributed by atoms with van der Waals surface area (Å²) in [5.41, 5.74) is 0.223. The molecule has 1 aliphatic heterocycles. The molecule has 0 aromatic carbocycles. The standard InChI is InChI=1S/C10H11ClN2O2/c11-8-4-3-7(10(14)15)9(12-8)13-5-1-2-6-13/h3-4H,1-2,5-6H2,(H,14,15). The molecule has 2 heterocycles. The lowest BCUT2D eigenvalue weighted by molar-refractivity contribution is 0.0697. The van der Waals surface area contributed by atoms with Crippen LogP contribution in [0.4, 0.5) is 5.82 Å². The fourth-order valence-electron chi connectivity index (χ4n) is 1.76. The Hall–Kier alpha value is -1.29. The van der Waals surface area contributed by atoms with Crippen LogP contribution in [0.1, 0.15) is 23.2 Å². The van der Waals surface area contributed by atoms with Gasteiger partial charge in [0.05, 0.1) is 0 Å². The van der Waals surface area contributed by atoms with Crippen molar-refractivity contribution in [2.75, 3.05) is 18.0 Å². The van der Waals surface area contributed by atoms with Crippen molar-refractivity contribution in [3.8, 4) is 0 Å². The monoisotopic (exact) mass is 226 g/mol. The number of carbonyl (C=O) groups is 1. The molecule has 0 radical (unpaired) electrons. The van der Waals surface area contributed by atoms with E-state index in [4.69, 9.17) is 16.7 Å². The molecule has 1 N–H and O–H groups in total. The number of anilines is 1. The third-order valence-electron chi connectivity index (χ3n) is 2.48. The maximum absolute atomic E-state index is 11.0. The molecule has 0 aliphatic carbocycles. The normalized spacial score (nSPS) is 15.7. The predicted molar refractivity (Wildman–Crippen MR) is 57.7 cm³/mol. The van der Waals surface area contributed by atoms with Crippen LogP contribution >= 0.6 is 11.6 Å².